The van der Waals surface area contributed by atoms with Crippen LogP contribution in [0.2, 0.25) is 0 Å². The minimum absolute atomic E-state index is 0.0798. The average molecular weight is 210 g/mol. The van der Waals surface area contributed by atoms with Crippen molar-refractivity contribution >= 4 is 7.12 Å². The van der Waals surface area contributed by atoms with Gasteiger partial charge in [-0.15, -0.1) is 0 Å². The highest BCUT2D eigenvalue weighted by molar-refractivity contribution is 6.51. The lowest BCUT2D eigenvalue weighted by Gasteiger charge is -2.32. The van der Waals surface area contributed by atoms with Gasteiger partial charge in [0.1, 0.15) is 5.60 Å². The van der Waals surface area contributed by atoms with Gasteiger partial charge in [-0.2, -0.15) is 0 Å². The Hall–Kier alpha value is -0.315. The zero-order valence-corrected chi connectivity index (χ0v) is 10.2. The largest absolute Gasteiger partial charge is 0.486 e. The number of hydrogen-bond donors (Lipinski definition) is 0. The Kier molecular flexibility index (Phi) is 2.30. The van der Waals surface area contributed by atoms with Gasteiger partial charge in [0.05, 0.1) is 17.8 Å². The van der Waals surface area contributed by atoms with Crippen LogP contribution in [0.15, 0.2) is 12.1 Å². The Labute approximate surface area is 91.9 Å². The zero-order valence-electron chi connectivity index (χ0n) is 10.2. The first-order valence-electron chi connectivity index (χ1n) is 5.43. The standard InChI is InChI=1S/C11H19BO3/c1-9(2)10(3,4)15-12(14-9)7-6-11(5)8-13-11/h6-7H,8H2,1-5H3/b7-6+. The highest BCUT2D eigenvalue weighted by Crippen LogP contribution is 2.37. The lowest BCUT2D eigenvalue weighted by atomic mass is 9.88. The fourth-order valence-corrected chi connectivity index (χ4v) is 1.46. The van der Waals surface area contributed by atoms with Gasteiger partial charge < -0.3 is 14.0 Å². The highest BCUT2D eigenvalue weighted by Gasteiger charge is 2.50. The van der Waals surface area contributed by atoms with Gasteiger partial charge >= 0.3 is 7.12 Å². The van der Waals surface area contributed by atoms with Crippen molar-refractivity contribution in [2.75, 3.05) is 6.61 Å². The number of rotatable bonds is 2. The monoisotopic (exact) mass is 210 g/mol. The molecule has 2 rings (SSSR count). The van der Waals surface area contributed by atoms with Crippen LogP contribution in [-0.4, -0.2) is 30.5 Å². The van der Waals surface area contributed by atoms with Crippen molar-refractivity contribution in [2.24, 2.45) is 0 Å². The fourth-order valence-electron chi connectivity index (χ4n) is 1.46. The lowest BCUT2D eigenvalue weighted by molar-refractivity contribution is 0.00578. The molecule has 15 heavy (non-hydrogen) atoms. The third kappa shape index (κ3) is 2.12. The number of ether oxygens (including phenoxy) is 1. The second-order valence-corrected chi connectivity index (χ2v) is 5.59. The molecular formula is C11H19BO3. The van der Waals surface area contributed by atoms with Crippen molar-refractivity contribution < 1.29 is 14.0 Å². The summed E-state index contributed by atoms with van der Waals surface area (Å²) in [5, 5.41) is 0. The van der Waals surface area contributed by atoms with Crippen LogP contribution in [0.25, 0.3) is 0 Å². The Morgan fingerprint density at radius 2 is 1.47 bits per heavy atom. The van der Waals surface area contributed by atoms with E-state index in [2.05, 4.69) is 34.6 Å². The predicted octanol–water partition coefficient (Wildman–Crippen LogP) is 1.96. The van der Waals surface area contributed by atoms with Crippen LogP contribution in [0.1, 0.15) is 34.6 Å². The van der Waals surface area contributed by atoms with Gasteiger partial charge in [0.25, 0.3) is 0 Å². The first-order valence-corrected chi connectivity index (χ1v) is 5.43. The summed E-state index contributed by atoms with van der Waals surface area (Å²) in [6.07, 6.45) is 2.02. The van der Waals surface area contributed by atoms with Crippen molar-refractivity contribution in [1.29, 1.82) is 0 Å². The smallest absolute Gasteiger partial charge is 0.400 e. The Balaban J connectivity index is 2.00. The molecule has 2 fully saturated rings. The van der Waals surface area contributed by atoms with E-state index in [-0.39, 0.29) is 23.9 Å². The Bertz CT molecular complexity index is 276. The number of epoxide rings is 1. The lowest BCUT2D eigenvalue weighted by Crippen LogP contribution is -2.41. The zero-order chi connectivity index (χ0) is 11.3. The van der Waals surface area contributed by atoms with Crippen LogP contribution >= 0.6 is 0 Å². The van der Waals surface area contributed by atoms with Gasteiger partial charge in [-0.05, 0) is 34.6 Å². The molecule has 0 aromatic rings. The Morgan fingerprint density at radius 3 is 1.87 bits per heavy atom. The topological polar surface area (TPSA) is 31.0 Å². The second kappa shape index (κ2) is 3.09. The minimum atomic E-state index is -0.257. The molecule has 3 nitrogen and oxygen atoms in total. The first-order chi connectivity index (χ1) is 6.74. The third-order valence-electron chi connectivity index (χ3n) is 3.48. The molecular weight excluding hydrogens is 191 g/mol. The van der Waals surface area contributed by atoms with Crippen LogP contribution in [0.4, 0.5) is 0 Å². The molecule has 84 valence electrons. The highest BCUT2D eigenvalue weighted by atomic mass is 16.7. The molecule has 2 aliphatic rings. The Morgan fingerprint density at radius 1 is 1.00 bits per heavy atom. The third-order valence-corrected chi connectivity index (χ3v) is 3.48. The first kappa shape index (κ1) is 11.2. The SMILES string of the molecule is CC1(/C=C/B2OC(C)(C)C(C)(C)O2)CO1. The van der Waals surface area contributed by atoms with E-state index in [1.54, 1.807) is 0 Å². The molecule has 2 saturated heterocycles. The molecule has 1 unspecified atom stereocenters. The molecule has 0 aromatic carbocycles. The maximum absolute atomic E-state index is 5.82. The van der Waals surface area contributed by atoms with Crippen molar-refractivity contribution in [1.82, 2.24) is 0 Å². The van der Waals surface area contributed by atoms with E-state index >= 15 is 0 Å². The summed E-state index contributed by atoms with van der Waals surface area (Å²) in [5.74, 6) is 1.95. The van der Waals surface area contributed by atoms with Crippen molar-refractivity contribution in [3.8, 4) is 0 Å². The molecule has 0 radical (unpaired) electrons. The van der Waals surface area contributed by atoms with Crippen molar-refractivity contribution in [3.05, 3.63) is 12.1 Å². The molecule has 2 heterocycles. The summed E-state index contributed by atoms with van der Waals surface area (Å²) in [6, 6.07) is 0. The fraction of sp³-hybridized carbons (Fsp3) is 0.818. The normalized spacial score (nSPS) is 37.5. The van der Waals surface area contributed by atoms with Crippen molar-refractivity contribution in [3.63, 3.8) is 0 Å². The summed E-state index contributed by atoms with van der Waals surface area (Å²) >= 11 is 0. The van der Waals surface area contributed by atoms with E-state index in [1.807, 2.05) is 12.1 Å². The summed E-state index contributed by atoms with van der Waals surface area (Å²) in [7, 11) is -0.254. The molecule has 0 amide bonds. The molecule has 2 aliphatic heterocycles. The van der Waals surface area contributed by atoms with E-state index in [0.717, 1.165) is 6.61 Å². The second-order valence-electron chi connectivity index (χ2n) is 5.59. The van der Waals surface area contributed by atoms with E-state index in [4.69, 9.17) is 14.0 Å². The van der Waals surface area contributed by atoms with E-state index in [9.17, 15) is 0 Å². The van der Waals surface area contributed by atoms with E-state index in [0.29, 0.717) is 0 Å². The number of hydrogen-bond acceptors (Lipinski definition) is 3. The van der Waals surface area contributed by atoms with Gasteiger partial charge in [-0.1, -0.05) is 12.1 Å². The van der Waals surface area contributed by atoms with Gasteiger partial charge in [0.15, 0.2) is 0 Å². The van der Waals surface area contributed by atoms with Crippen LogP contribution in [0.3, 0.4) is 0 Å². The van der Waals surface area contributed by atoms with E-state index < -0.39 is 0 Å². The minimum Gasteiger partial charge on any atom is -0.400 e. The average Bonchev–Trinajstić information content (AvgIpc) is 2.74. The molecule has 0 aliphatic carbocycles. The molecule has 1 atom stereocenters. The van der Waals surface area contributed by atoms with Gasteiger partial charge in [-0.25, -0.2) is 0 Å². The maximum Gasteiger partial charge on any atom is 0.486 e. The van der Waals surface area contributed by atoms with Crippen LogP contribution in [-0.2, 0) is 14.0 Å². The van der Waals surface area contributed by atoms with Crippen LogP contribution < -0.4 is 0 Å². The molecule has 0 aromatic heterocycles. The molecule has 0 saturated carbocycles. The van der Waals surface area contributed by atoms with Gasteiger partial charge in [0.2, 0.25) is 0 Å². The molecule has 0 spiro atoms. The molecule has 0 bridgehead atoms. The summed E-state index contributed by atoms with van der Waals surface area (Å²) < 4.78 is 16.9. The predicted molar refractivity (Wildman–Crippen MR) is 59.6 cm³/mol. The van der Waals surface area contributed by atoms with Crippen LogP contribution in [0.5, 0.6) is 0 Å². The summed E-state index contributed by atoms with van der Waals surface area (Å²) in [4.78, 5) is 0. The molecule has 0 N–H and O–H groups in total. The van der Waals surface area contributed by atoms with Gasteiger partial charge in [-0.3, -0.25) is 0 Å². The van der Waals surface area contributed by atoms with Gasteiger partial charge in [0, 0.05) is 0 Å². The summed E-state index contributed by atoms with van der Waals surface area (Å²) in [5.41, 5.74) is -0.593. The van der Waals surface area contributed by atoms with Crippen LogP contribution in [0, 0.1) is 0 Å². The maximum atomic E-state index is 5.82. The van der Waals surface area contributed by atoms with E-state index in [1.165, 1.54) is 0 Å². The molecule has 4 heteroatoms. The van der Waals surface area contributed by atoms with Crippen molar-refractivity contribution in [2.45, 2.75) is 51.4 Å². The summed E-state index contributed by atoms with van der Waals surface area (Å²) in [6.45, 7) is 11.1. The quantitative estimate of drug-likeness (QED) is 0.515.